The molecule has 0 bridgehead atoms. The number of hydrogen-bond donors (Lipinski definition) is 0. The van der Waals surface area contributed by atoms with Crippen molar-refractivity contribution in [2.45, 2.75) is 53.2 Å². The van der Waals surface area contributed by atoms with Gasteiger partial charge in [0.25, 0.3) is 0 Å². The van der Waals surface area contributed by atoms with Crippen LogP contribution in [0.25, 0.3) is 11.3 Å². The Bertz CT molecular complexity index is 1560. The van der Waals surface area contributed by atoms with Gasteiger partial charge in [0.05, 0.1) is 21.4 Å². The second-order valence-electron chi connectivity index (χ2n) is 10.3. The summed E-state index contributed by atoms with van der Waals surface area (Å²) in [5, 5.41) is 10.2. The van der Waals surface area contributed by atoms with E-state index in [1.165, 1.54) is 6.33 Å². The molecule has 5 rings (SSSR count). The third-order valence-corrected chi connectivity index (χ3v) is 6.95. The summed E-state index contributed by atoms with van der Waals surface area (Å²) >= 11 is 12.7. The van der Waals surface area contributed by atoms with Crippen molar-refractivity contribution >= 4 is 40.7 Å². The number of allylic oxidation sites excluding steroid dienone is 2. The molecule has 1 amide bonds. The Hall–Kier alpha value is -3.62. The number of nitrogens with zero attached hydrogens (tertiary/aromatic N) is 6. The normalized spacial score (nSPS) is 15.6. The van der Waals surface area contributed by atoms with Crippen LogP contribution in [0.3, 0.4) is 0 Å². The van der Waals surface area contributed by atoms with Crippen molar-refractivity contribution in [2.24, 2.45) is 0 Å². The standard InChI is InChI=1S/C28H28Cl2N6O2/c1-16-7-10-20(11-8-16)35-26(31-15-32-35)24-18(3)34(27(37)38-28(4,5)6)23-13-17(2)33-36(23)25(24)19-9-12-21(29)22(30)14-19/h7-15,25H,1-6H3/t25-/m1/s1. The minimum Gasteiger partial charge on any atom is -0.443 e. The average Bonchev–Trinajstić information content (AvgIpc) is 3.45. The number of hydrogen-bond acceptors (Lipinski definition) is 5. The monoisotopic (exact) mass is 550 g/mol. The van der Waals surface area contributed by atoms with Gasteiger partial charge < -0.3 is 4.74 Å². The van der Waals surface area contributed by atoms with Crippen molar-refractivity contribution < 1.29 is 9.53 Å². The van der Waals surface area contributed by atoms with Crippen molar-refractivity contribution in [1.82, 2.24) is 24.5 Å². The van der Waals surface area contributed by atoms with E-state index in [1.54, 1.807) is 20.3 Å². The number of rotatable bonds is 3. The Morgan fingerprint density at radius 3 is 2.34 bits per heavy atom. The molecule has 1 atom stereocenters. The fourth-order valence-corrected chi connectivity index (χ4v) is 4.89. The van der Waals surface area contributed by atoms with Crippen LogP contribution in [0.5, 0.6) is 0 Å². The fraction of sp³-hybridized carbons (Fsp3) is 0.286. The summed E-state index contributed by atoms with van der Waals surface area (Å²) in [5.41, 5.74) is 4.22. The first-order valence-electron chi connectivity index (χ1n) is 12.2. The highest BCUT2D eigenvalue weighted by Crippen LogP contribution is 2.45. The van der Waals surface area contributed by atoms with Crippen molar-refractivity contribution in [3.05, 3.63) is 93.2 Å². The largest absolute Gasteiger partial charge is 0.443 e. The summed E-state index contributed by atoms with van der Waals surface area (Å²) in [6.45, 7) is 11.3. The molecule has 196 valence electrons. The van der Waals surface area contributed by atoms with Crippen LogP contribution in [0.15, 0.2) is 60.6 Å². The second-order valence-corrected chi connectivity index (χ2v) is 11.1. The maximum absolute atomic E-state index is 13.6. The summed E-state index contributed by atoms with van der Waals surface area (Å²) < 4.78 is 9.38. The molecule has 0 saturated carbocycles. The van der Waals surface area contributed by atoms with E-state index in [9.17, 15) is 4.79 Å². The molecule has 0 radical (unpaired) electrons. The molecule has 0 N–H and O–H groups in total. The van der Waals surface area contributed by atoms with Gasteiger partial charge in [0.15, 0.2) is 5.82 Å². The Kier molecular flexibility index (Phi) is 6.57. The van der Waals surface area contributed by atoms with Crippen LogP contribution in [-0.4, -0.2) is 36.2 Å². The molecule has 0 aliphatic carbocycles. The fourth-order valence-electron chi connectivity index (χ4n) is 4.58. The van der Waals surface area contributed by atoms with E-state index in [0.717, 1.165) is 28.1 Å². The zero-order chi connectivity index (χ0) is 27.4. The molecule has 0 fully saturated rings. The number of carbonyl (C=O) groups is 1. The minimum absolute atomic E-state index is 0.418. The molecular weight excluding hydrogens is 523 g/mol. The first kappa shape index (κ1) is 26.0. The van der Waals surface area contributed by atoms with Crippen molar-refractivity contribution in [3.63, 3.8) is 0 Å². The quantitative estimate of drug-likeness (QED) is 0.270. The third kappa shape index (κ3) is 4.70. The van der Waals surface area contributed by atoms with Crippen LogP contribution in [0.1, 0.15) is 56.4 Å². The molecule has 0 saturated heterocycles. The lowest BCUT2D eigenvalue weighted by molar-refractivity contribution is 0.0588. The van der Waals surface area contributed by atoms with Gasteiger partial charge in [0, 0.05) is 17.3 Å². The van der Waals surface area contributed by atoms with E-state index >= 15 is 0 Å². The molecule has 3 heterocycles. The third-order valence-electron chi connectivity index (χ3n) is 6.21. The second kappa shape index (κ2) is 9.60. The van der Waals surface area contributed by atoms with Gasteiger partial charge >= 0.3 is 6.09 Å². The van der Waals surface area contributed by atoms with Crippen molar-refractivity contribution in [2.75, 3.05) is 4.90 Å². The summed E-state index contributed by atoms with van der Waals surface area (Å²) in [4.78, 5) is 19.8. The zero-order valence-electron chi connectivity index (χ0n) is 22.0. The van der Waals surface area contributed by atoms with Gasteiger partial charge in [-0.1, -0.05) is 47.0 Å². The smallest absolute Gasteiger partial charge is 0.420 e. The van der Waals surface area contributed by atoms with E-state index in [1.807, 2.05) is 84.0 Å². The molecule has 0 spiro atoms. The molecule has 0 unspecified atom stereocenters. The minimum atomic E-state index is -0.695. The number of fused-ring (bicyclic) bond motifs is 1. The highest BCUT2D eigenvalue weighted by Gasteiger charge is 2.40. The Labute approximate surface area is 231 Å². The molecule has 2 aromatic heterocycles. The van der Waals surface area contributed by atoms with E-state index < -0.39 is 17.7 Å². The van der Waals surface area contributed by atoms with E-state index in [0.29, 0.717) is 27.4 Å². The number of anilines is 1. The lowest BCUT2D eigenvalue weighted by Gasteiger charge is -2.36. The summed E-state index contributed by atoms with van der Waals surface area (Å²) in [7, 11) is 0. The SMILES string of the molecule is CC1=C(c2ncnn2-c2ccc(C)cc2)[C@@H](c2ccc(Cl)c(Cl)c2)n2nc(C)cc2N1C(=O)OC(C)(C)C. The first-order chi connectivity index (χ1) is 17.9. The Morgan fingerprint density at radius 1 is 0.974 bits per heavy atom. The molecule has 2 aromatic carbocycles. The predicted molar refractivity (Wildman–Crippen MR) is 149 cm³/mol. The number of halogens is 2. The van der Waals surface area contributed by atoms with Crippen LogP contribution in [0, 0.1) is 13.8 Å². The van der Waals surface area contributed by atoms with E-state index in [4.69, 9.17) is 33.0 Å². The number of benzene rings is 2. The number of aryl methyl sites for hydroxylation is 2. The highest BCUT2D eigenvalue weighted by atomic mass is 35.5. The predicted octanol–water partition coefficient (Wildman–Crippen LogP) is 7.16. The zero-order valence-corrected chi connectivity index (χ0v) is 23.5. The van der Waals surface area contributed by atoms with Gasteiger partial charge in [-0.15, -0.1) is 0 Å². The molecule has 8 nitrogen and oxygen atoms in total. The number of aromatic nitrogens is 5. The first-order valence-corrected chi connectivity index (χ1v) is 12.9. The van der Waals surface area contributed by atoms with Crippen LogP contribution in [-0.2, 0) is 4.74 Å². The Morgan fingerprint density at radius 2 is 1.68 bits per heavy atom. The number of ether oxygens (including phenoxy) is 1. The van der Waals surface area contributed by atoms with Gasteiger partial charge in [-0.05, 0) is 71.4 Å². The number of amides is 1. The topological polar surface area (TPSA) is 78.1 Å². The Balaban J connectivity index is 1.79. The number of carbonyl (C=O) groups excluding carboxylic acids is 1. The highest BCUT2D eigenvalue weighted by molar-refractivity contribution is 6.42. The molecule has 4 aromatic rings. The van der Waals surface area contributed by atoms with Gasteiger partial charge in [-0.2, -0.15) is 10.2 Å². The van der Waals surface area contributed by atoms with Crippen LogP contribution in [0.2, 0.25) is 10.0 Å². The average molecular weight is 551 g/mol. The van der Waals surface area contributed by atoms with Gasteiger partial charge in [-0.25, -0.2) is 24.0 Å². The lowest BCUT2D eigenvalue weighted by atomic mass is 9.94. The molecule has 1 aliphatic heterocycles. The van der Waals surface area contributed by atoms with Crippen LogP contribution < -0.4 is 4.90 Å². The van der Waals surface area contributed by atoms with Crippen LogP contribution >= 0.6 is 23.2 Å². The maximum Gasteiger partial charge on any atom is 0.420 e. The van der Waals surface area contributed by atoms with Gasteiger partial charge in [-0.3, -0.25) is 0 Å². The summed E-state index contributed by atoms with van der Waals surface area (Å²) in [6, 6.07) is 14.9. The van der Waals surface area contributed by atoms with Gasteiger partial charge in [0.2, 0.25) is 0 Å². The molecule has 10 heteroatoms. The van der Waals surface area contributed by atoms with Crippen LogP contribution in [0.4, 0.5) is 10.6 Å². The molecular formula is C28H28Cl2N6O2. The summed E-state index contributed by atoms with van der Waals surface area (Å²) in [5.74, 6) is 1.14. The van der Waals surface area contributed by atoms with E-state index in [-0.39, 0.29) is 0 Å². The van der Waals surface area contributed by atoms with Crippen molar-refractivity contribution in [1.29, 1.82) is 0 Å². The van der Waals surface area contributed by atoms with Gasteiger partial charge in [0.1, 0.15) is 23.8 Å². The molecule has 38 heavy (non-hydrogen) atoms. The molecule has 1 aliphatic rings. The van der Waals surface area contributed by atoms with E-state index in [2.05, 4.69) is 10.1 Å². The maximum atomic E-state index is 13.6. The lowest BCUT2D eigenvalue weighted by Crippen LogP contribution is -2.41. The van der Waals surface area contributed by atoms with Crippen molar-refractivity contribution in [3.8, 4) is 5.69 Å². The summed E-state index contributed by atoms with van der Waals surface area (Å²) in [6.07, 6.45) is 0.992.